The standard InChI is InChI=1S/C31H41N5O2/c1-34-23-27(22-33-34)11-12-30(37)36-17-14-31(15-18-36)13-5-4-9-28-8-2-3-10-29(28)38-20-19-35(25-31)24-26-7-6-16-32-21-26/h2-3,6-8,10,16,21-23H,4-5,9,11-15,17-20,24-25H2,1H3. The predicted molar refractivity (Wildman–Crippen MR) is 149 cm³/mol. The van der Waals surface area contributed by atoms with Gasteiger partial charge in [-0.2, -0.15) is 5.10 Å². The normalized spacial score (nSPS) is 18.7. The van der Waals surface area contributed by atoms with Gasteiger partial charge in [-0.15, -0.1) is 0 Å². The van der Waals surface area contributed by atoms with Gasteiger partial charge in [0.05, 0.1) is 6.20 Å². The monoisotopic (exact) mass is 515 g/mol. The first-order chi connectivity index (χ1) is 18.6. The smallest absolute Gasteiger partial charge is 0.222 e. The van der Waals surface area contributed by atoms with Crippen LogP contribution in [-0.2, 0) is 31.2 Å². The molecule has 1 amide bonds. The summed E-state index contributed by atoms with van der Waals surface area (Å²) in [5, 5.41) is 4.23. The molecule has 0 bridgehead atoms. The van der Waals surface area contributed by atoms with Crippen LogP contribution < -0.4 is 4.74 Å². The Bertz CT molecular complexity index is 1170. The molecule has 7 heteroatoms. The molecule has 2 aliphatic heterocycles. The molecule has 0 saturated carbocycles. The number of likely N-dealkylation sites (tertiary alicyclic amines) is 1. The molecule has 1 saturated heterocycles. The number of hydrogen-bond acceptors (Lipinski definition) is 5. The Morgan fingerprint density at radius 2 is 1.87 bits per heavy atom. The van der Waals surface area contributed by atoms with Crippen molar-refractivity contribution < 1.29 is 9.53 Å². The zero-order chi connectivity index (χ0) is 26.2. The van der Waals surface area contributed by atoms with E-state index in [0.717, 1.165) is 69.7 Å². The largest absolute Gasteiger partial charge is 0.492 e. The molecule has 5 rings (SSSR count). The summed E-state index contributed by atoms with van der Waals surface area (Å²) in [5.74, 6) is 1.30. The number of nitrogens with zero attached hydrogens (tertiary/aromatic N) is 5. The van der Waals surface area contributed by atoms with Crippen molar-refractivity contribution in [3.8, 4) is 5.75 Å². The molecule has 202 valence electrons. The third kappa shape index (κ3) is 7.01. The molecule has 3 aromatic rings. The second-order valence-electron chi connectivity index (χ2n) is 11.1. The molecule has 0 N–H and O–H groups in total. The number of ether oxygens (including phenoxy) is 1. The molecular weight excluding hydrogens is 474 g/mol. The van der Waals surface area contributed by atoms with Crippen LogP contribution in [0.25, 0.3) is 0 Å². The van der Waals surface area contributed by atoms with Crippen molar-refractivity contribution in [2.45, 2.75) is 57.9 Å². The highest BCUT2D eigenvalue weighted by Gasteiger charge is 2.37. The lowest BCUT2D eigenvalue weighted by Gasteiger charge is -2.45. The summed E-state index contributed by atoms with van der Waals surface area (Å²) in [6.45, 7) is 5.15. The van der Waals surface area contributed by atoms with E-state index in [9.17, 15) is 4.79 Å². The van der Waals surface area contributed by atoms with Gasteiger partial charge in [0.1, 0.15) is 12.4 Å². The molecule has 4 heterocycles. The number of carbonyl (C=O) groups is 1. The summed E-state index contributed by atoms with van der Waals surface area (Å²) >= 11 is 0. The summed E-state index contributed by atoms with van der Waals surface area (Å²) in [6.07, 6.45) is 15.7. The average molecular weight is 516 g/mol. The lowest BCUT2D eigenvalue weighted by atomic mass is 9.73. The van der Waals surface area contributed by atoms with Crippen LogP contribution in [0.2, 0.25) is 0 Å². The van der Waals surface area contributed by atoms with Crippen molar-refractivity contribution in [1.29, 1.82) is 0 Å². The minimum Gasteiger partial charge on any atom is -0.492 e. The molecule has 0 aliphatic carbocycles. The van der Waals surface area contributed by atoms with Crippen LogP contribution in [0.1, 0.15) is 55.2 Å². The van der Waals surface area contributed by atoms with Crippen molar-refractivity contribution in [2.24, 2.45) is 12.5 Å². The number of aromatic nitrogens is 3. The van der Waals surface area contributed by atoms with Crippen molar-refractivity contribution in [1.82, 2.24) is 24.6 Å². The summed E-state index contributed by atoms with van der Waals surface area (Å²) in [4.78, 5) is 22.0. The molecule has 38 heavy (non-hydrogen) atoms. The first-order valence-electron chi connectivity index (χ1n) is 14.2. The Labute approximate surface area is 226 Å². The van der Waals surface area contributed by atoms with Gasteiger partial charge in [0.2, 0.25) is 5.91 Å². The van der Waals surface area contributed by atoms with E-state index < -0.39 is 0 Å². The lowest BCUT2D eigenvalue weighted by Crippen LogP contribution is -2.48. The fraction of sp³-hybridized carbons (Fsp3) is 0.516. The summed E-state index contributed by atoms with van der Waals surface area (Å²) < 4.78 is 8.10. The lowest BCUT2D eigenvalue weighted by molar-refractivity contribution is -0.133. The molecular formula is C31H41N5O2. The van der Waals surface area contributed by atoms with Crippen molar-refractivity contribution in [2.75, 3.05) is 32.8 Å². The van der Waals surface area contributed by atoms with Gasteiger partial charge in [0, 0.05) is 64.8 Å². The number of carbonyl (C=O) groups excluding carboxylic acids is 1. The summed E-state index contributed by atoms with van der Waals surface area (Å²) in [7, 11) is 1.92. The number of rotatable bonds is 5. The van der Waals surface area contributed by atoms with E-state index in [2.05, 4.69) is 50.2 Å². The Balaban J connectivity index is 1.26. The maximum Gasteiger partial charge on any atom is 0.222 e. The van der Waals surface area contributed by atoms with Crippen LogP contribution in [0, 0.1) is 5.41 Å². The van der Waals surface area contributed by atoms with Gasteiger partial charge in [0.15, 0.2) is 0 Å². The molecule has 0 unspecified atom stereocenters. The summed E-state index contributed by atoms with van der Waals surface area (Å²) in [6, 6.07) is 12.7. The number of piperidine rings is 1. The van der Waals surface area contributed by atoms with Gasteiger partial charge in [-0.3, -0.25) is 19.4 Å². The minimum absolute atomic E-state index is 0.223. The molecule has 1 fully saturated rings. The van der Waals surface area contributed by atoms with E-state index in [-0.39, 0.29) is 11.3 Å². The molecule has 0 radical (unpaired) electrons. The molecule has 0 atom stereocenters. The molecule has 2 aromatic heterocycles. The maximum absolute atomic E-state index is 13.0. The number of hydrogen-bond donors (Lipinski definition) is 0. The van der Waals surface area contributed by atoms with E-state index in [4.69, 9.17) is 4.74 Å². The molecule has 1 spiro atoms. The van der Waals surface area contributed by atoms with Crippen LogP contribution in [0.5, 0.6) is 5.75 Å². The van der Waals surface area contributed by atoms with Crippen molar-refractivity contribution >= 4 is 5.91 Å². The zero-order valence-electron chi connectivity index (χ0n) is 22.7. The van der Waals surface area contributed by atoms with Crippen LogP contribution in [-0.4, -0.2) is 63.3 Å². The summed E-state index contributed by atoms with van der Waals surface area (Å²) in [5.41, 5.74) is 3.90. The Morgan fingerprint density at radius 3 is 2.66 bits per heavy atom. The van der Waals surface area contributed by atoms with Crippen LogP contribution in [0.15, 0.2) is 61.2 Å². The van der Waals surface area contributed by atoms with Gasteiger partial charge in [-0.05, 0) is 72.8 Å². The maximum atomic E-state index is 13.0. The third-order valence-corrected chi connectivity index (χ3v) is 8.29. The highest BCUT2D eigenvalue weighted by Crippen LogP contribution is 2.39. The molecule has 1 aromatic carbocycles. The van der Waals surface area contributed by atoms with E-state index in [1.807, 2.05) is 37.9 Å². The Kier molecular flexibility index (Phi) is 8.74. The SMILES string of the molecule is Cn1cc(CCC(=O)N2CCC3(CCCCc4ccccc4OCCN(Cc4cccnc4)C3)CC2)cn1. The molecule has 2 aliphatic rings. The van der Waals surface area contributed by atoms with Gasteiger partial charge in [-0.1, -0.05) is 30.7 Å². The third-order valence-electron chi connectivity index (χ3n) is 8.29. The van der Waals surface area contributed by atoms with E-state index in [1.165, 1.54) is 30.4 Å². The molecule has 7 nitrogen and oxygen atoms in total. The van der Waals surface area contributed by atoms with Gasteiger partial charge < -0.3 is 9.64 Å². The first-order valence-corrected chi connectivity index (χ1v) is 14.2. The number of aryl methyl sites for hydroxylation is 3. The number of benzene rings is 1. The Hall–Kier alpha value is -3.19. The van der Waals surface area contributed by atoms with E-state index in [0.29, 0.717) is 13.0 Å². The van der Waals surface area contributed by atoms with E-state index >= 15 is 0 Å². The number of amides is 1. The Morgan fingerprint density at radius 1 is 1.00 bits per heavy atom. The number of fused-ring (bicyclic) bond motifs is 1. The number of pyridine rings is 1. The highest BCUT2D eigenvalue weighted by molar-refractivity contribution is 5.76. The second kappa shape index (κ2) is 12.6. The fourth-order valence-electron chi connectivity index (χ4n) is 6.12. The first kappa shape index (κ1) is 26.4. The van der Waals surface area contributed by atoms with Gasteiger partial charge in [-0.25, -0.2) is 0 Å². The topological polar surface area (TPSA) is 63.5 Å². The zero-order valence-corrected chi connectivity index (χ0v) is 22.7. The van der Waals surface area contributed by atoms with Gasteiger partial charge in [0.25, 0.3) is 0 Å². The minimum atomic E-state index is 0.223. The van der Waals surface area contributed by atoms with Crippen molar-refractivity contribution in [3.05, 3.63) is 77.9 Å². The number of para-hydroxylation sites is 1. The van der Waals surface area contributed by atoms with Crippen LogP contribution in [0.4, 0.5) is 0 Å². The fourth-order valence-corrected chi connectivity index (χ4v) is 6.12. The van der Waals surface area contributed by atoms with Crippen LogP contribution in [0.3, 0.4) is 0 Å². The van der Waals surface area contributed by atoms with Crippen molar-refractivity contribution in [3.63, 3.8) is 0 Å². The van der Waals surface area contributed by atoms with Crippen LogP contribution >= 0.6 is 0 Å². The van der Waals surface area contributed by atoms with Gasteiger partial charge >= 0.3 is 0 Å². The second-order valence-corrected chi connectivity index (χ2v) is 11.1. The highest BCUT2D eigenvalue weighted by atomic mass is 16.5. The predicted octanol–water partition coefficient (Wildman–Crippen LogP) is 4.66. The average Bonchev–Trinajstić information content (AvgIpc) is 3.36. The quantitative estimate of drug-likeness (QED) is 0.494. The van der Waals surface area contributed by atoms with E-state index in [1.54, 1.807) is 4.68 Å².